The molecule has 1 spiro atoms. The monoisotopic (exact) mass is 358 g/mol. The third kappa shape index (κ3) is 2.91. The Kier molecular flexibility index (Phi) is 4.00. The van der Waals surface area contributed by atoms with Crippen molar-refractivity contribution in [2.24, 2.45) is 5.41 Å². The van der Waals surface area contributed by atoms with Gasteiger partial charge in [0.15, 0.2) is 0 Å². The second-order valence-corrected chi connectivity index (χ2v) is 9.08. The van der Waals surface area contributed by atoms with E-state index < -0.39 is 10.0 Å². The smallest absolute Gasteiger partial charge is 0.243 e. The van der Waals surface area contributed by atoms with Gasteiger partial charge in [-0.05, 0) is 42.9 Å². The van der Waals surface area contributed by atoms with Gasteiger partial charge in [0.25, 0.3) is 0 Å². The van der Waals surface area contributed by atoms with E-state index in [0.717, 1.165) is 25.1 Å². The first kappa shape index (κ1) is 16.5. The Labute approximate surface area is 148 Å². The molecule has 1 aliphatic carbocycles. The molecular formula is C18H22N4O2S. The van der Waals surface area contributed by atoms with Gasteiger partial charge >= 0.3 is 0 Å². The molecule has 0 bridgehead atoms. The third-order valence-electron chi connectivity index (χ3n) is 5.60. The summed E-state index contributed by atoms with van der Waals surface area (Å²) in [6, 6.07) is 11.0. The molecule has 1 aliphatic heterocycles. The molecule has 0 amide bonds. The summed E-state index contributed by atoms with van der Waals surface area (Å²) >= 11 is 0. The molecule has 2 fully saturated rings. The molecule has 132 valence electrons. The number of benzene rings is 1. The lowest BCUT2D eigenvalue weighted by atomic mass is 9.64. The summed E-state index contributed by atoms with van der Waals surface area (Å²) in [6.45, 7) is 1.24. The lowest BCUT2D eigenvalue weighted by Gasteiger charge is -2.49. The van der Waals surface area contributed by atoms with Gasteiger partial charge in [-0.1, -0.05) is 18.2 Å². The number of sulfonamides is 1. The normalized spacial score (nSPS) is 26.5. The first-order valence-electron chi connectivity index (χ1n) is 8.54. The van der Waals surface area contributed by atoms with Gasteiger partial charge in [0.05, 0.1) is 4.90 Å². The number of anilines is 1. The molecule has 1 aromatic carbocycles. The zero-order chi connectivity index (χ0) is 17.5. The highest BCUT2D eigenvalue weighted by Gasteiger charge is 2.52. The summed E-state index contributed by atoms with van der Waals surface area (Å²) in [7, 11) is -1.33. The summed E-state index contributed by atoms with van der Waals surface area (Å²) in [6.07, 6.45) is 6.26. The van der Waals surface area contributed by atoms with Crippen LogP contribution in [0.25, 0.3) is 0 Å². The molecule has 0 N–H and O–H groups in total. The van der Waals surface area contributed by atoms with E-state index in [1.807, 2.05) is 19.2 Å². The molecule has 0 radical (unpaired) electrons. The van der Waals surface area contributed by atoms with Crippen LogP contribution in [-0.4, -0.2) is 48.9 Å². The van der Waals surface area contributed by atoms with Crippen LogP contribution in [0.15, 0.2) is 53.8 Å². The van der Waals surface area contributed by atoms with Gasteiger partial charge in [0, 0.05) is 32.4 Å². The molecule has 2 heterocycles. The number of aromatic nitrogens is 2. The van der Waals surface area contributed by atoms with Gasteiger partial charge in [-0.15, -0.1) is 0 Å². The largest absolute Gasteiger partial charge is 0.357 e. The average molecular weight is 358 g/mol. The molecule has 25 heavy (non-hydrogen) atoms. The Morgan fingerprint density at radius 2 is 1.96 bits per heavy atom. The average Bonchev–Trinajstić information content (AvgIpc) is 3.08. The molecular weight excluding hydrogens is 336 g/mol. The van der Waals surface area contributed by atoms with Crippen molar-refractivity contribution in [1.29, 1.82) is 0 Å². The van der Waals surface area contributed by atoms with Gasteiger partial charge in [-0.25, -0.2) is 18.4 Å². The summed E-state index contributed by atoms with van der Waals surface area (Å²) in [5, 5.41) is 0. The maximum Gasteiger partial charge on any atom is 0.243 e. The van der Waals surface area contributed by atoms with Crippen molar-refractivity contribution in [2.75, 3.05) is 25.0 Å². The first-order valence-corrected chi connectivity index (χ1v) is 9.98. The minimum Gasteiger partial charge on any atom is -0.357 e. The standard InChI is InChI=1S/C18H22N4O2S/c1-21(17-7-9-19-14-20-17)15-11-18(12-15)8-10-22(13-18)25(23,24)16-5-3-2-4-6-16/h2-7,9,14-15H,8,10-13H2,1H3. The third-order valence-corrected chi connectivity index (χ3v) is 7.46. The molecule has 2 aromatic rings. The van der Waals surface area contributed by atoms with Crippen LogP contribution in [0.2, 0.25) is 0 Å². The zero-order valence-corrected chi connectivity index (χ0v) is 15.1. The molecule has 0 atom stereocenters. The molecule has 2 aliphatic rings. The van der Waals surface area contributed by atoms with E-state index in [9.17, 15) is 8.42 Å². The van der Waals surface area contributed by atoms with Gasteiger partial charge < -0.3 is 4.90 Å². The maximum atomic E-state index is 12.8. The summed E-state index contributed by atoms with van der Waals surface area (Å²) in [5.41, 5.74) is 0.119. The fourth-order valence-corrected chi connectivity index (χ4v) is 5.64. The van der Waals surface area contributed by atoms with E-state index in [4.69, 9.17) is 0 Å². The Balaban J connectivity index is 1.43. The van der Waals surface area contributed by atoms with E-state index in [2.05, 4.69) is 14.9 Å². The Bertz CT molecular complexity index is 836. The van der Waals surface area contributed by atoms with Crippen molar-refractivity contribution in [1.82, 2.24) is 14.3 Å². The molecule has 1 aromatic heterocycles. The van der Waals surface area contributed by atoms with E-state index in [0.29, 0.717) is 24.0 Å². The lowest BCUT2D eigenvalue weighted by Crippen LogP contribution is -2.51. The minimum atomic E-state index is -3.38. The number of hydrogen-bond donors (Lipinski definition) is 0. The number of hydrogen-bond acceptors (Lipinski definition) is 5. The van der Waals surface area contributed by atoms with Gasteiger partial charge in [-0.3, -0.25) is 0 Å². The van der Waals surface area contributed by atoms with Crippen LogP contribution >= 0.6 is 0 Å². The first-order chi connectivity index (χ1) is 12.0. The Morgan fingerprint density at radius 1 is 1.20 bits per heavy atom. The van der Waals surface area contributed by atoms with E-state index >= 15 is 0 Å². The van der Waals surface area contributed by atoms with Crippen molar-refractivity contribution in [3.8, 4) is 0 Å². The summed E-state index contributed by atoms with van der Waals surface area (Å²) in [5.74, 6) is 0.918. The number of nitrogens with zero attached hydrogens (tertiary/aromatic N) is 4. The van der Waals surface area contributed by atoms with Gasteiger partial charge in [0.1, 0.15) is 12.1 Å². The SMILES string of the molecule is CN(c1ccncn1)C1CC2(CCN(S(=O)(=O)c3ccccc3)C2)C1. The fourth-order valence-electron chi connectivity index (χ4n) is 4.07. The molecule has 7 heteroatoms. The Hall–Kier alpha value is -1.99. The predicted molar refractivity (Wildman–Crippen MR) is 95.7 cm³/mol. The second kappa shape index (κ2) is 6.07. The summed E-state index contributed by atoms with van der Waals surface area (Å²) in [4.78, 5) is 10.8. The van der Waals surface area contributed by atoms with Crippen LogP contribution < -0.4 is 4.90 Å². The van der Waals surface area contributed by atoms with E-state index in [1.54, 1.807) is 41.1 Å². The van der Waals surface area contributed by atoms with Gasteiger partial charge in [0.2, 0.25) is 10.0 Å². The van der Waals surface area contributed by atoms with Crippen LogP contribution in [0.5, 0.6) is 0 Å². The maximum absolute atomic E-state index is 12.8. The van der Waals surface area contributed by atoms with Crippen LogP contribution in [0.3, 0.4) is 0 Å². The fraction of sp³-hybridized carbons (Fsp3) is 0.444. The lowest BCUT2D eigenvalue weighted by molar-refractivity contribution is 0.119. The quantitative estimate of drug-likeness (QED) is 0.838. The predicted octanol–water partition coefficient (Wildman–Crippen LogP) is 2.16. The van der Waals surface area contributed by atoms with E-state index in [-0.39, 0.29) is 5.41 Å². The van der Waals surface area contributed by atoms with E-state index in [1.165, 1.54) is 0 Å². The molecule has 6 nitrogen and oxygen atoms in total. The highest BCUT2D eigenvalue weighted by Crippen LogP contribution is 2.51. The van der Waals surface area contributed by atoms with Crippen LogP contribution in [0.1, 0.15) is 19.3 Å². The molecule has 4 rings (SSSR count). The highest BCUT2D eigenvalue weighted by molar-refractivity contribution is 7.89. The van der Waals surface area contributed by atoms with Crippen molar-refractivity contribution in [3.05, 3.63) is 48.9 Å². The molecule has 0 unspecified atom stereocenters. The number of rotatable bonds is 4. The van der Waals surface area contributed by atoms with Crippen LogP contribution in [0, 0.1) is 5.41 Å². The van der Waals surface area contributed by atoms with Gasteiger partial charge in [-0.2, -0.15) is 4.31 Å². The van der Waals surface area contributed by atoms with Crippen LogP contribution in [0.4, 0.5) is 5.82 Å². The zero-order valence-electron chi connectivity index (χ0n) is 14.2. The van der Waals surface area contributed by atoms with Crippen LogP contribution in [-0.2, 0) is 10.0 Å². The molecule has 1 saturated heterocycles. The Morgan fingerprint density at radius 3 is 2.64 bits per heavy atom. The van der Waals surface area contributed by atoms with Crippen molar-refractivity contribution in [2.45, 2.75) is 30.2 Å². The van der Waals surface area contributed by atoms with Crippen molar-refractivity contribution in [3.63, 3.8) is 0 Å². The second-order valence-electron chi connectivity index (χ2n) is 7.14. The minimum absolute atomic E-state index is 0.119. The summed E-state index contributed by atoms with van der Waals surface area (Å²) < 4.78 is 27.3. The van der Waals surface area contributed by atoms with Crippen molar-refractivity contribution < 1.29 is 8.42 Å². The topological polar surface area (TPSA) is 66.4 Å². The molecule has 1 saturated carbocycles. The highest BCUT2D eigenvalue weighted by atomic mass is 32.2. The van der Waals surface area contributed by atoms with Crippen molar-refractivity contribution >= 4 is 15.8 Å².